The fraction of sp³-hybridized carbons (Fsp3) is 0.947. The number of guanidine groups is 1. The highest BCUT2D eigenvalue weighted by Crippen LogP contribution is 2.42. The van der Waals surface area contributed by atoms with Gasteiger partial charge in [-0.25, -0.2) is 0 Å². The molecule has 6 heteroatoms. The number of hydrogen-bond acceptors (Lipinski definition) is 3. The summed E-state index contributed by atoms with van der Waals surface area (Å²) in [6, 6.07) is 0. The van der Waals surface area contributed by atoms with Crippen molar-refractivity contribution in [2.75, 3.05) is 59.4 Å². The summed E-state index contributed by atoms with van der Waals surface area (Å²) in [5.74, 6) is 0.978. The first-order valence-electron chi connectivity index (χ1n) is 10.1. The molecule has 2 fully saturated rings. The van der Waals surface area contributed by atoms with Crippen molar-refractivity contribution < 1.29 is 0 Å². The lowest BCUT2D eigenvalue weighted by molar-refractivity contribution is 0.131. The lowest BCUT2D eigenvalue weighted by Crippen LogP contribution is -2.47. The van der Waals surface area contributed by atoms with Gasteiger partial charge in [-0.1, -0.05) is 20.3 Å². The van der Waals surface area contributed by atoms with Crippen molar-refractivity contribution in [1.82, 2.24) is 20.4 Å². The molecule has 0 spiro atoms. The minimum Gasteiger partial charge on any atom is -0.356 e. The van der Waals surface area contributed by atoms with Crippen molar-refractivity contribution >= 4 is 29.9 Å². The molecule has 0 unspecified atom stereocenters. The van der Waals surface area contributed by atoms with Gasteiger partial charge in [0.15, 0.2) is 5.96 Å². The Bertz CT molecular complexity index is 371. The molecule has 2 N–H and O–H groups in total. The molecule has 0 aromatic carbocycles. The van der Waals surface area contributed by atoms with E-state index >= 15 is 0 Å². The molecule has 0 radical (unpaired) electrons. The first-order chi connectivity index (χ1) is 11.7. The summed E-state index contributed by atoms with van der Waals surface area (Å²) in [5, 5.41) is 7.02. The number of likely N-dealkylation sites (N-methyl/N-ethyl adjacent to an activating group) is 1. The van der Waals surface area contributed by atoms with Gasteiger partial charge in [0, 0.05) is 46.3 Å². The summed E-state index contributed by atoms with van der Waals surface area (Å²) in [6.07, 6.45) is 7.91. The number of rotatable bonds is 9. The van der Waals surface area contributed by atoms with Gasteiger partial charge in [-0.2, -0.15) is 0 Å². The molecule has 0 aromatic heterocycles. The van der Waals surface area contributed by atoms with E-state index in [0.717, 1.165) is 19.0 Å². The van der Waals surface area contributed by atoms with E-state index in [-0.39, 0.29) is 24.0 Å². The molecule has 1 saturated heterocycles. The Hall–Kier alpha value is -0.0800. The number of halogens is 1. The summed E-state index contributed by atoms with van der Waals surface area (Å²) in [7, 11) is 1.88. The van der Waals surface area contributed by atoms with Crippen molar-refractivity contribution in [3.8, 4) is 0 Å². The van der Waals surface area contributed by atoms with E-state index in [1.54, 1.807) is 0 Å². The third kappa shape index (κ3) is 7.59. The van der Waals surface area contributed by atoms with Crippen LogP contribution in [0.3, 0.4) is 0 Å². The molecule has 2 rings (SSSR count). The molecule has 2 aliphatic rings. The third-order valence-corrected chi connectivity index (χ3v) is 6.12. The number of piperazine rings is 1. The van der Waals surface area contributed by atoms with Crippen molar-refractivity contribution in [2.45, 2.75) is 52.4 Å². The van der Waals surface area contributed by atoms with E-state index in [2.05, 4.69) is 39.3 Å². The van der Waals surface area contributed by atoms with Crippen LogP contribution in [0.15, 0.2) is 4.99 Å². The average Bonchev–Trinajstić information content (AvgIpc) is 2.59. The van der Waals surface area contributed by atoms with Crippen LogP contribution < -0.4 is 10.6 Å². The van der Waals surface area contributed by atoms with Crippen LogP contribution in [0.4, 0.5) is 0 Å². The highest BCUT2D eigenvalue weighted by Gasteiger charge is 2.34. The quantitative estimate of drug-likeness (QED) is 0.238. The second-order valence-corrected chi connectivity index (χ2v) is 7.54. The standard InChI is InChI=1S/C19H39N5.HI/c1-4-19(9-8-10-19)17-22-18(20-3)21-11-6-7-12-24-15-13-23(5-2)14-16-24;/h4-17H2,1-3H3,(H2,20,21,22);1H. The molecule has 0 amide bonds. The minimum absolute atomic E-state index is 0. The highest BCUT2D eigenvalue weighted by molar-refractivity contribution is 14.0. The third-order valence-electron chi connectivity index (χ3n) is 6.12. The number of nitrogens with one attached hydrogen (secondary N) is 2. The number of hydrogen-bond donors (Lipinski definition) is 2. The van der Waals surface area contributed by atoms with Crippen molar-refractivity contribution in [3.63, 3.8) is 0 Å². The van der Waals surface area contributed by atoms with E-state index < -0.39 is 0 Å². The van der Waals surface area contributed by atoms with Crippen LogP contribution in [0.1, 0.15) is 52.4 Å². The van der Waals surface area contributed by atoms with E-state index in [0.29, 0.717) is 5.41 Å². The molecule has 1 saturated carbocycles. The summed E-state index contributed by atoms with van der Waals surface area (Å²) >= 11 is 0. The van der Waals surface area contributed by atoms with Gasteiger partial charge in [0.1, 0.15) is 0 Å². The van der Waals surface area contributed by atoms with Crippen molar-refractivity contribution in [3.05, 3.63) is 0 Å². The first kappa shape index (κ1) is 23.0. The summed E-state index contributed by atoms with van der Waals surface area (Å²) < 4.78 is 0. The zero-order valence-electron chi connectivity index (χ0n) is 16.6. The highest BCUT2D eigenvalue weighted by atomic mass is 127. The fourth-order valence-corrected chi connectivity index (χ4v) is 3.82. The van der Waals surface area contributed by atoms with Crippen molar-refractivity contribution in [2.24, 2.45) is 10.4 Å². The Labute approximate surface area is 172 Å². The number of unbranched alkanes of at least 4 members (excludes halogenated alkanes) is 1. The normalized spacial score (nSPS) is 21.3. The van der Waals surface area contributed by atoms with Gasteiger partial charge in [-0.3, -0.25) is 4.99 Å². The maximum absolute atomic E-state index is 4.37. The second-order valence-electron chi connectivity index (χ2n) is 7.54. The van der Waals surface area contributed by atoms with Gasteiger partial charge in [-0.15, -0.1) is 24.0 Å². The maximum Gasteiger partial charge on any atom is 0.190 e. The smallest absolute Gasteiger partial charge is 0.190 e. The molecule has 148 valence electrons. The van der Waals surface area contributed by atoms with E-state index in [9.17, 15) is 0 Å². The zero-order chi connectivity index (χ0) is 17.3. The number of aliphatic imine (C=N–C) groups is 1. The molecule has 0 atom stereocenters. The Balaban J connectivity index is 0.00000312. The molecule has 1 aliphatic carbocycles. The van der Waals surface area contributed by atoms with Crippen LogP contribution in [0.5, 0.6) is 0 Å². The lowest BCUT2D eigenvalue weighted by atomic mass is 9.67. The Morgan fingerprint density at radius 3 is 2.20 bits per heavy atom. The molecule has 1 heterocycles. The Morgan fingerprint density at radius 1 is 1.00 bits per heavy atom. The average molecular weight is 465 g/mol. The summed E-state index contributed by atoms with van der Waals surface area (Å²) in [6.45, 7) is 14.1. The van der Waals surface area contributed by atoms with Crippen LogP contribution in [-0.4, -0.2) is 75.2 Å². The Kier molecular flexibility index (Phi) is 11.3. The second kappa shape index (κ2) is 12.3. The molecular formula is C19H40IN5. The van der Waals surface area contributed by atoms with E-state index in [1.807, 2.05) is 7.05 Å². The van der Waals surface area contributed by atoms with Crippen LogP contribution >= 0.6 is 24.0 Å². The molecular weight excluding hydrogens is 425 g/mol. The number of nitrogens with zero attached hydrogens (tertiary/aromatic N) is 3. The lowest BCUT2D eigenvalue weighted by Gasteiger charge is -2.41. The monoisotopic (exact) mass is 465 g/mol. The fourth-order valence-electron chi connectivity index (χ4n) is 3.82. The van der Waals surface area contributed by atoms with Gasteiger partial charge in [0.2, 0.25) is 0 Å². The molecule has 1 aliphatic heterocycles. The van der Waals surface area contributed by atoms with E-state index in [4.69, 9.17) is 0 Å². The first-order valence-corrected chi connectivity index (χ1v) is 10.1. The van der Waals surface area contributed by atoms with Gasteiger partial charge < -0.3 is 20.4 Å². The van der Waals surface area contributed by atoms with Crippen molar-refractivity contribution in [1.29, 1.82) is 0 Å². The minimum atomic E-state index is 0. The van der Waals surface area contributed by atoms with Gasteiger partial charge in [-0.05, 0) is 50.6 Å². The van der Waals surface area contributed by atoms with E-state index in [1.165, 1.54) is 77.8 Å². The molecule has 5 nitrogen and oxygen atoms in total. The van der Waals surface area contributed by atoms with Crippen LogP contribution in [0, 0.1) is 5.41 Å². The van der Waals surface area contributed by atoms with Gasteiger partial charge in [0.25, 0.3) is 0 Å². The predicted octanol–water partition coefficient (Wildman–Crippen LogP) is 2.77. The predicted molar refractivity (Wildman–Crippen MR) is 119 cm³/mol. The van der Waals surface area contributed by atoms with Crippen LogP contribution in [0.25, 0.3) is 0 Å². The SMILES string of the molecule is CCN1CCN(CCCCNC(=NC)NCC2(CC)CCC2)CC1.I. The van der Waals surface area contributed by atoms with Gasteiger partial charge >= 0.3 is 0 Å². The largest absolute Gasteiger partial charge is 0.356 e. The summed E-state index contributed by atoms with van der Waals surface area (Å²) in [5.41, 5.74) is 0.540. The van der Waals surface area contributed by atoms with Crippen LogP contribution in [0.2, 0.25) is 0 Å². The van der Waals surface area contributed by atoms with Gasteiger partial charge in [0.05, 0.1) is 0 Å². The topological polar surface area (TPSA) is 42.9 Å². The Morgan fingerprint density at radius 2 is 1.68 bits per heavy atom. The molecule has 0 bridgehead atoms. The molecule has 25 heavy (non-hydrogen) atoms. The maximum atomic E-state index is 4.37. The van der Waals surface area contributed by atoms with Crippen LogP contribution in [-0.2, 0) is 0 Å². The molecule has 0 aromatic rings. The summed E-state index contributed by atoms with van der Waals surface area (Å²) in [4.78, 5) is 9.52. The zero-order valence-corrected chi connectivity index (χ0v) is 19.0.